The number of hydrogen-bond donors (Lipinski definition) is 1. The first kappa shape index (κ1) is 9.79. The van der Waals surface area contributed by atoms with Crippen LogP contribution in [0.15, 0.2) is 22.6 Å². The molecule has 1 heterocycles. The van der Waals surface area contributed by atoms with Crippen molar-refractivity contribution < 1.29 is 8.81 Å². The van der Waals surface area contributed by atoms with Crippen molar-refractivity contribution in [1.82, 2.24) is 10.2 Å². The van der Waals surface area contributed by atoms with E-state index in [9.17, 15) is 4.39 Å². The SMILES string of the molecule is Cc1cc(F)cc(-c2nnc(CN)o2)c1. The molecular weight excluding hydrogens is 197 g/mol. The summed E-state index contributed by atoms with van der Waals surface area (Å²) < 4.78 is 18.3. The zero-order chi connectivity index (χ0) is 10.8. The second-order valence-corrected chi connectivity index (χ2v) is 3.22. The molecule has 0 bridgehead atoms. The van der Waals surface area contributed by atoms with Gasteiger partial charge in [0.05, 0.1) is 6.54 Å². The molecular formula is C10H10FN3O. The molecule has 78 valence electrons. The van der Waals surface area contributed by atoms with Crippen molar-refractivity contribution in [3.05, 3.63) is 35.5 Å². The lowest BCUT2D eigenvalue weighted by molar-refractivity contribution is 0.508. The van der Waals surface area contributed by atoms with Crippen LogP contribution in [0.2, 0.25) is 0 Å². The molecule has 1 aromatic carbocycles. The van der Waals surface area contributed by atoms with Gasteiger partial charge in [-0.25, -0.2) is 4.39 Å². The fourth-order valence-corrected chi connectivity index (χ4v) is 1.31. The van der Waals surface area contributed by atoms with Crippen LogP contribution in [-0.4, -0.2) is 10.2 Å². The Bertz CT molecular complexity index is 461. The third kappa shape index (κ3) is 2.02. The van der Waals surface area contributed by atoms with E-state index in [1.54, 1.807) is 13.0 Å². The van der Waals surface area contributed by atoms with Gasteiger partial charge in [-0.05, 0) is 30.7 Å². The first-order valence-corrected chi connectivity index (χ1v) is 4.49. The van der Waals surface area contributed by atoms with Gasteiger partial charge in [0.2, 0.25) is 11.8 Å². The topological polar surface area (TPSA) is 64.9 Å². The standard InChI is InChI=1S/C10H10FN3O/c1-6-2-7(4-8(11)3-6)10-14-13-9(5-12)15-10/h2-4H,5,12H2,1H3. The zero-order valence-electron chi connectivity index (χ0n) is 8.20. The van der Waals surface area contributed by atoms with Gasteiger partial charge < -0.3 is 10.2 Å². The molecule has 0 unspecified atom stereocenters. The number of hydrogen-bond acceptors (Lipinski definition) is 4. The Balaban J connectivity index is 2.44. The van der Waals surface area contributed by atoms with E-state index in [1.807, 2.05) is 0 Å². The molecule has 15 heavy (non-hydrogen) atoms. The van der Waals surface area contributed by atoms with Crippen molar-refractivity contribution >= 4 is 0 Å². The van der Waals surface area contributed by atoms with E-state index in [0.717, 1.165) is 5.56 Å². The summed E-state index contributed by atoms with van der Waals surface area (Å²) in [7, 11) is 0. The maximum atomic E-state index is 13.1. The highest BCUT2D eigenvalue weighted by Gasteiger charge is 2.08. The van der Waals surface area contributed by atoms with Gasteiger partial charge in [0.15, 0.2) is 0 Å². The van der Waals surface area contributed by atoms with Gasteiger partial charge in [0.1, 0.15) is 5.82 Å². The first-order valence-electron chi connectivity index (χ1n) is 4.49. The number of halogens is 1. The second kappa shape index (κ2) is 3.78. The lowest BCUT2D eigenvalue weighted by atomic mass is 10.1. The van der Waals surface area contributed by atoms with Crippen LogP contribution in [0.4, 0.5) is 4.39 Å². The maximum absolute atomic E-state index is 13.1. The minimum Gasteiger partial charge on any atom is -0.419 e. The number of nitrogens with two attached hydrogens (primary N) is 1. The van der Waals surface area contributed by atoms with E-state index in [-0.39, 0.29) is 18.3 Å². The van der Waals surface area contributed by atoms with Gasteiger partial charge in [0, 0.05) is 5.56 Å². The summed E-state index contributed by atoms with van der Waals surface area (Å²) in [5.41, 5.74) is 6.70. The van der Waals surface area contributed by atoms with E-state index in [0.29, 0.717) is 11.5 Å². The molecule has 0 atom stereocenters. The third-order valence-electron chi connectivity index (χ3n) is 1.93. The lowest BCUT2D eigenvalue weighted by Crippen LogP contribution is -1.95. The van der Waals surface area contributed by atoms with E-state index < -0.39 is 0 Å². The minimum absolute atomic E-state index is 0.182. The third-order valence-corrected chi connectivity index (χ3v) is 1.93. The van der Waals surface area contributed by atoms with Crippen LogP contribution < -0.4 is 5.73 Å². The Morgan fingerprint density at radius 1 is 1.33 bits per heavy atom. The quantitative estimate of drug-likeness (QED) is 0.813. The van der Waals surface area contributed by atoms with Crippen LogP contribution in [0.1, 0.15) is 11.5 Å². The molecule has 0 spiro atoms. The van der Waals surface area contributed by atoms with Gasteiger partial charge in [-0.1, -0.05) is 0 Å². The molecule has 2 aromatic rings. The van der Waals surface area contributed by atoms with Crippen molar-refractivity contribution in [3.8, 4) is 11.5 Å². The molecule has 5 heteroatoms. The van der Waals surface area contributed by atoms with Crippen molar-refractivity contribution in [2.45, 2.75) is 13.5 Å². The van der Waals surface area contributed by atoms with Crippen LogP contribution in [0.3, 0.4) is 0 Å². The molecule has 1 aromatic heterocycles. The summed E-state index contributed by atoms with van der Waals surface area (Å²) in [6.45, 7) is 1.98. The Kier molecular flexibility index (Phi) is 2.47. The summed E-state index contributed by atoms with van der Waals surface area (Å²) in [6, 6.07) is 4.56. The fraction of sp³-hybridized carbons (Fsp3) is 0.200. The van der Waals surface area contributed by atoms with Crippen LogP contribution >= 0.6 is 0 Å². The largest absolute Gasteiger partial charge is 0.419 e. The van der Waals surface area contributed by atoms with E-state index >= 15 is 0 Å². The van der Waals surface area contributed by atoms with Crippen molar-refractivity contribution in [2.75, 3.05) is 0 Å². The predicted molar refractivity (Wildman–Crippen MR) is 52.3 cm³/mol. The Hall–Kier alpha value is -1.75. The molecule has 0 aliphatic heterocycles. The smallest absolute Gasteiger partial charge is 0.247 e. The first-order chi connectivity index (χ1) is 7.19. The monoisotopic (exact) mass is 207 g/mol. The highest BCUT2D eigenvalue weighted by molar-refractivity contribution is 5.53. The molecule has 2 N–H and O–H groups in total. The summed E-state index contributed by atoms with van der Waals surface area (Å²) in [5.74, 6) is 0.308. The summed E-state index contributed by atoms with van der Waals surface area (Å²) in [5, 5.41) is 7.48. The molecule has 0 aliphatic carbocycles. The molecule has 0 radical (unpaired) electrons. The molecule has 0 saturated heterocycles. The molecule has 0 saturated carbocycles. The molecule has 4 nitrogen and oxygen atoms in total. The molecule has 2 rings (SSSR count). The molecule has 0 fully saturated rings. The highest BCUT2D eigenvalue weighted by atomic mass is 19.1. The maximum Gasteiger partial charge on any atom is 0.247 e. The Labute approximate surface area is 85.9 Å². The van der Waals surface area contributed by atoms with Crippen molar-refractivity contribution in [2.24, 2.45) is 5.73 Å². The average Bonchev–Trinajstić information content (AvgIpc) is 2.64. The van der Waals surface area contributed by atoms with Crippen LogP contribution in [0.25, 0.3) is 11.5 Å². The van der Waals surface area contributed by atoms with Crippen molar-refractivity contribution in [3.63, 3.8) is 0 Å². The predicted octanol–water partition coefficient (Wildman–Crippen LogP) is 1.64. The van der Waals surface area contributed by atoms with Gasteiger partial charge in [-0.2, -0.15) is 0 Å². The van der Waals surface area contributed by atoms with Crippen LogP contribution in [0.5, 0.6) is 0 Å². The normalized spacial score (nSPS) is 10.6. The Morgan fingerprint density at radius 3 is 2.73 bits per heavy atom. The van der Waals surface area contributed by atoms with E-state index in [4.69, 9.17) is 10.2 Å². The fourth-order valence-electron chi connectivity index (χ4n) is 1.31. The number of aryl methyl sites for hydroxylation is 1. The number of aromatic nitrogens is 2. The summed E-state index contributed by atoms with van der Waals surface area (Å²) in [6.07, 6.45) is 0. The lowest BCUT2D eigenvalue weighted by Gasteiger charge is -1.97. The molecule has 0 amide bonds. The number of nitrogens with zero attached hydrogens (tertiary/aromatic N) is 2. The number of benzene rings is 1. The zero-order valence-corrected chi connectivity index (χ0v) is 8.20. The van der Waals surface area contributed by atoms with Gasteiger partial charge in [-0.3, -0.25) is 0 Å². The van der Waals surface area contributed by atoms with Gasteiger partial charge in [-0.15, -0.1) is 10.2 Å². The van der Waals surface area contributed by atoms with Gasteiger partial charge in [0.25, 0.3) is 0 Å². The van der Waals surface area contributed by atoms with E-state index in [2.05, 4.69) is 10.2 Å². The Morgan fingerprint density at radius 2 is 2.13 bits per heavy atom. The average molecular weight is 207 g/mol. The second-order valence-electron chi connectivity index (χ2n) is 3.22. The minimum atomic E-state index is -0.322. The number of rotatable bonds is 2. The highest BCUT2D eigenvalue weighted by Crippen LogP contribution is 2.20. The van der Waals surface area contributed by atoms with Gasteiger partial charge >= 0.3 is 0 Å². The van der Waals surface area contributed by atoms with Crippen LogP contribution in [-0.2, 0) is 6.54 Å². The molecule has 0 aliphatic rings. The van der Waals surface area contributed by atoms with Crippen molar-refractivity contribution in [1.29, 1.82) is 0 Å². The summed E-state index contributed by atoms with van der Waals surface area (Å²) in [4.78, 5) is 0. The summed E-state index contributed by atoms with van der Waals surface area (Å²) >= 11 is 0. The van der Waals surface area contributed by atoms with E-state index in [1.165, 1.54) is 12.1 Å². The van der Waals surface area contributed by atoms with Crippen LogP contribution in [0, 0.1) is 12.7 Å².